The third-order valence-corrected chi connectivity index (χ3v) is 6.06. The number of pyridine rings is 1. The molecule has 174 valence electrons. The fourth-order valence-electron chi connectivity index (χ4n) is 3.10. The number of nitrogens with zero attached hydrogens (tertiary/aromatic N) is 4. The van der Waals surface area contributed by atoms with Gasteiger partial charge in [-0.1, -0.05) is 23.4 Å². The van der Waals surface area contributed by atoms with Crippen LogP contribution in [-0.4, -0.2) is 68.6 Å². The van der Waals surface area contributed by atoms with Crippen molar-refractivity contribution < 1.29 is 28.8 Å². The van der Waals surface area contributed by atoms with E-state index in [9.17, 15) is 24.1 Å². The molecule has 5 atom stereocenters. The van der Waals surface area contributed by atoms with E-state index < -0.39 is 53.6 Å². The lowest BCUT2D eigenvalue weighted by Crippen LogP contribution is -2.56. The largest absolute Gasteiger partial charge is 0.394 e. The summed E-state index contributed by atoms with van der Waals surface area (Å²) in [5.74, 6) is 3.11. The molecule has 3 rings (SSSR count). The van der Waals surface area contributed by atoms with Crippen LogP contribution in [0.15, 0.2) is 45.6 Å². The minimum atomic E-state index is -1.41. The lowest BCUT2D eigenvalue weighted by atomic mass is 9.97. The highest BCUT2D eigenvalue weighted by atomic mass is 35.5. The Morgan fingerprint density at radius 1 is 1.27 bits per heavy atom. The fourth-order valence-corrected chi connectivity index (χ4v) is 4.42. The first-order valence-corrected chi connectivity index (χ1v) is 10.6. The summed E-state index contributed by atoms with van der Waals surface area (Å²) in [7, 11) is 0. The molecule has 0 bridgehead atoms. The third-order valence-electron chi connectivity index (χ3n) is 4.74. The Morgan fingerprint density at radius 3 is 2.55 bits per heavy atom. The van der Waals surface area contributed by atoms with Crippen LogP contribution in [0.2, 0.25) is 5.02 Å². The van der Waals surface area contributed by atoms with Crippen LogP contribution in [0, 0.1) is 23.0 Å². The summed E-state index contributed by atoms with van der Waals surface area (Å²) in [4.78, 5) is 8.62. The van der Waals surface area contributed by atoms with Crippen LogP contribution in [0.3, 0.4) is 0 Å². The average molecular weight is 498 g/mol. The van der Waals surface area contributed by atoms with Crippen molar-refractivity contribution in [3.8, 4) is 6.07 Å². The maximum atomic E-state index is 14.0. The molecule has 0 amide bonds. The van der Waals surface area contributed by atoms with Crippen molar-refractivity contribution in [2.45, 2.75) is 34.7 Å². The molecule has 9 nitrogen and oxygen atoms in total. The zero-order valence-corrected chi connectivity index (χ0v) is 18.3. The molecule has 33 heavy (non-hydrogen) atoms. The van der Waals surface area contributed by atoms with E-state index in [2.05, 4.69) is 15.1 Å². The number of halogens is 3. The van der Waals surface area contributed by atoms with E-state index in [1.54, 1.807) is 6.07 Å². The molecule has 1 aliphatic rings. The molecular weight excluding hydrogens is 480 g/mol. The van der Waals surface area contributed by atoms with Crippen LogP contribution in [0.4, 0.5) is 8.78 Å². The number of aromatic nitrogens is 1. The molecule has 0 saturated carbocycles. The maximum Gasteiger partial charge on any atom is 0.144 e. The highest BCUT2D eigenvalue weighted by Gasteiger charge is 2.44. The monoisotopic (exact) mass is 497 g/mol. The number of hydrogen-bond donors (Lipinski definition) is 4. The predicted octanol–water partition coefficient (Wildman–Crippen LogP) is 1.22. The summed E-state index contributed by atoms with van der Waals surface area (Å²) in [6.45, 7) is -0.561. The van der Waals surface area contributed by atoms with E-state index in [4.69, 9.17) is 27.4 Å². The van der Waals surface area contributed by atoms with Gasteiger partial charge in [0.1, 0.15) is 58.8 Å². The molecule has 1 aromatic heterocycles. The Hall–Kier alpha value is -2.66. The van der Waals surface area contributed by atoms with Crippen molar-refractivity contribution in [1.29, 1.82) is 5.26 Å². The molecule has 0 radical (unpaired) electrons. The summed E-state index contributed by atoms with van der Waals surface area (Å²) in [5, 5.41) is 43.5. The molecule has 5 N–H and O–H groups in total. The average Bonchev–Trinajstić information content (AvgIpc) is 2.78. The molecule has 0 aliphatic carbocycles. The van der Waals surface area contributed by atoms with Crippen molar-refractivity contribution in [1.82, 2.24) is 4.98 Å². The van der Waals surface area contributed by atoms with Crippen molar-refractivity contribution in [2.75, 3.05) is 6.61 Å². The molecule has 2 heterocycles. The van der Waals surface area contributed by atoms with Crippen molar-refractivity contribution in [3.05, 3.63) is 58.4 Å². The number of hydrogen-bond acceptors (Lipinski definition) is 10. The predicted molar refractivity (Wildman–Crippen MR) is 117 cm³/mol. The number of aliphatic hydroxyl groups is 3. The number of benzene rings is 1. The molecule has 1 fully saturated rings. The molecule has 1 saturated heterocycles. The Bertz CT molecular complexity index is 1090. The minimum Gasteiger partial charge on any atom is -0.394 e. The number of nitriles is 1. The van der Waals surface area contributed by atoms with Gasteiger partial charge in [-0.3, -0.25) is 9.98 Å². The van der Waals surface area contributed by atoms with E-state index >= 15 is 0 Å². The van der Waals surface area contributed by atoms with Gasteiger partial charge in [0, 0.05) is 29.1 Å². The van der Waals surface area contributed by atoms with Crippen LogP contribution in [0.1, 0.15) is 11.1 Å². The highest BCUT2D eigenvalue weighted by molar-refractivity contribution is 7.99. The second-order valence-electron chi connectivity index (χ2n) is 6.87. The fraction of sp³-hybridized carbons (Fsp3) is 0.300. The number of ether oxygens (including phenoxy) is 1. The summed E-state index contributed by atoms with van der Waals surface area (Å²) in [6.07, 6.45) is 0.0973. The van der Waals surface area contributed by atoms with Gasteiger partial charge in [-0.25, -0.2) is 8.78 Å². The summed E-state index contributed by atoms with van der Waals surface area (Å²) in [5.41, 5.74) is -2.01. The summed E-state index contributed by atoms with van der Waals surface area (Å²) in [6, 6.07) is 3.52. The normalized spacial score (nSPS) is 25.8. The first-order chi connectivity index (χ1) is 15.8. The highest BCUT2D eigenvalue weighted by Crippen LogP contribution is 2.34. The van der Waals surface area contributed by atoms with Gasteiger partial charge in [-0.2, -0.15) is 10.4 Å². The lowest BCUT2D eigenvalue weighted by Gasteiger charge is -2.40. The SMILES string of the molecule is N#Cc1c(F)cc(C(C=NC2C(O)[C@@H](Sc3cncc(Cl)c3)OC(CO)[C@@H]2O)=NN)cc1F. The van der Waals surface area contributed by atoms with Gasteiger partial charge in [-0.05, 0) is 18.2 Å². The lowest BCUT2D eigenvalue weighted by molar-refractivity contribution is -0.159. The van der Waals surface area contributed by atoms with Crippen LogP contribution in [0.25, 0.3) is 0 Å². The van der Waals surface area contributed by atoms with Gasteiger partial charge < -0.3 is 25.9 Å². The molecule has 3 unspecified atom stereocenters. The van der Waals surface area contributed by atoms with Crippen LogP contribution in [0.5, 0.6) is 0 Å². The molecule has 1 aromatic carbocycles. The molecule has 1 aliphatic heterocycles. The van der Waals surface area contributed by atoms with E-state index in [0.29, 0.717) is 9.92 Å². The Kier molecular flexibility index (Phi) is 8.30. The Morgan fingerprint density at radius 2 is 1.97 bits per heavy atom. The topological polar surface area (TPSA) is 157 Å². The number of hydrazone groups is 1. The van der Waals surface area contributed by atoms with E-state index in [0.717, 1.165) is 30.1 Å². The van der Waals surface area contributed by atoms with E-state index in [1.165, 1.54) is 18.5 Å². The van der Waals surface area contributed by atoms with Gasteiger partial charge in [0.2, 0.25) is 0 Å². The first-order valence-electron chi connectivity index (χ1n) is 9.39. The van der Waals surface area contributed by atoms with Gasteiger partial charge in [0.25, 0.3) is 0 Å². The second kappa shape index (κ2) is 11.0. The van der Waals surface area contributed by atoms with Gasteiger partial charge in [0.05, 0.1) is 11.6 Å². The van der Waals surface area contributed by atoms with Gasteiger partial charge in [0.15, 0.2) is 0 Å². The Balaban J connectivity index is 1.87. The van der Waals surface area contributed by atoms with Gasteiger partial charge in [-0.15, -0.1) is 0 Å². The number of nitrogens with two attached hydrogens (primary N) is 1. The number of rotatable bonds is 6. The molecule has 2 aromatic rings. The van der Waals surface area contributed by atoms with Crippen molar-refractivity contribution in [2.24, 2.45) is 15.9 Å². The van der Waals surface area contributed by atoms with Crippen molar-refractivity contribution >= 4 is 35.3 Å². The second-order valence-corrected chi connectivity index (χ2v) is 8.48. The quantitative estimate of drug-likeness (QED) is 0.263. The van der Waals surface area contributed by atoms with E-state index in [-0.39, 0.29) is 11.3 Å². The standard InChI is InChI=1S/C20H18ClF2N5O4S/c21-10-3-11(6-26-5-10)33-20-19(31)17(18(30)16(8-29)32-20)27-7-15(28-25)9-1-13(22)12(4-24)14(23)2-9/h1-3,5-7,16-20,29-31H,8,25H2/t16?,17?,18-,19?,20+/m0/s1. The van der Waals surface area contributed by atoms with Crippen LogP contribution >= 0.6 is 23.4 Å². The van der Waals surface area contributed by atoms with Gasteiger partial charge >= 0.3 is 0 Å². The van der Waals surface area contributed by atoms with Crippen LogP contribution in [-0.2, 0) is 4.74 Å². The zero-order valence-electron chi connectivity index (χ0n) is 16.7. The third kappa shape index (κ3) is 5.64. The smallest absolute Gasteiger partial charge is 0.144 e. The summed E-state index contributed by atoms with van der Waals surface area (Å²) >= 11 is 6.98. The summed E-state index contributed by atoms with van der Waals surface area (Å²) < 4.78 is 33.5. The molecule has 0 spiro atoms. The number of aliphatic imine (C=N–C) groups is 1. The number of aliphatic hydroxyl groups excluding tert-OH is 3. The minimum absolute atomic E-state index is 0.110. The van der Waals surface area contributed by atoms with Crippen molar-refractivity contribution in [3.63, 3.8) is 0 Å². The number of thioether (sulfide) groups is 1. The Labute approximate surface area is 196 Å². The van der Waals surface area contributed by atoms with Crippen LogP contribution < -0.4 is 5.84 Å². The van der Waals surface area contributed by atoms with E-state index in [1.807, 2.05) is 0 Å². The first kappa shape index (κ1) is 25.0. The molecular formula is C20H18ClF2N5O4S. The maximum absolute atomic E-state index is 14.0. The zero-order chi connectivity index (χ0) is 24.1. The molecule has 13 heteroatoms.